The number of methoxy groups -OCH3 is 1. The van der Waals surface area contributed by atoms with Gasteiger partial charge in [0.2, 0.25) is 5.91 Å². The highest BCUT2D eigenvalue weighted by Gasteiger charge is 2.21. The SMILES string of the molecule is COc1cccc([C@H](O)CNC(=O)[C@H]2COCCN2)c1. The predicted molar refractivity (Wildman–Crippen MR) is 73.6 cm³/mol. The van der Waals surface area contributed by atoms with Gasteiger partial charge in [0.05, 0.1) is 26.4 Å². The molecule has 0 aliphatic carbocycles. The van der Waals surface area contributed by atoms with Crippen molar-refractivity contribution < 1.29 is 19.4 Å². The van der Waals surface area contributed by atoms with Crippen molar-refractivity contribution in [1.82, 2.24) is 10.6 Å². The molecule has 1 heterocycles. The molecule has 1 aromatic carbocycles. The van der Waals surface area contributed by atoms with Crippen LogP contribution in [0.3, 0.4) is 0 Å². The number of rotatable bonds is 5. The number of nitrogens with one attached hydrogen (secondary N) is 2. The van der Waals surface area contributed by atoms with E-state index in [2.05, 4.69) is 10.6 Å². The molecule has 0 aromatic heterocycles. The summed E-state index contributed by atoms with van der Waals surface area (Å²) in [6, 6.07) is 6.80. The molecule has 6 heteroatoms. The van der Waals surface area contributed by atoms with E-state index in [1.165, 1.54) is 0 Å². The highest BCUT2D eigenvalue weighted by molar-refractivity contribution is 5.82. The van der Waals surface area contributed by atoms with Gasteiger partial charge in [-0.3, -0.25) is 4.79 Å². The van der Waals surface area contributed by atoms with Crippen LogP contribution in [-0.4, -0.2) is 50.5 Å². The van der Waals surface area contributed by atoms with Crippen molar-refractivity contribution >= 4 is 5.91 Å². The normalized spacial score (nSPS) is 20.2. The third-order valence-corrected chi connectivity index (χ3v) is 3.19. The molecule has 2 atom stereocenters. The van der Waals surface area contributed by atoms with Crippen molar-refractivity contribution in [2.24, 2.45) is 0 Å². The van der Waals surface area contributed by atoms with Crippen LogP contribution < -0.4 is 15.4 Å². The molecule has 0 unspecified atom stereocenters. The number of carbonyl (C=O) groups is 1. The van der Waals surface area contributed by atoms with Crippen LogP contribution in [0.2, 0.25) is 0 Å². The highest BCUT2D eigenvalue weighted by atomic mass is 16.5. The smallest absolute Gasteiger partial charge is 0.239 e. The molecular weight excluding hydrogens is 260 g/mol. The molecule has 2 rings (SSSR count). The minimum absolute atomic E-state index is 0.157. The number of morpholine rings is 1. The lowest BCUT2D eigenvalue weighted by molar-refractivity contribution is -0.126. The minimum atomic E-state index is -0.765. The second-order valence-electron chi connectivity index (χ2n) is 4.62. The van der Waals surface area contributed by atoms with E-state index in [1.807, 2.05) is 0 Å². The van der Waals surface area contributed by atoms with Crippen molar-refractivity contribution in [1.29, 1.82) is 0 Å². The molecule has 1 aliphatic rings. The second-order valence-corrected chi connectivity index (χ2v) is 4.62. The number of carbonyl (C=O) groups excluding carboxylic acids is 1. The number of aliphatic hydroxyl groups excluding tert-OH is 1. The van der Waals surface area contributed by atoms with Crippen molar-refractivity contribution in [2.75, 3.05) is 33.4 Å². The summed E-state index contributed by atoms with van der Waals surface area (Å²) in [7, 11) is 1.57. The molecule has 0 radical (unpaired) electrons. The molecular formula is C14H20N2O4. The van der Waals surface area contributed by atoms with E-state index in [9.17, 15) is 9.90 Å². The molecule has 20 heavy (non-hydrogen) atoms. The largest absolute Gasteiger partial charge is 0.497 e. The fourth-order valence-electron chi connectivity index (χ4n) is 2.02. The number of ether oxygens (including phenoxy) is 2. The fraction of sp³-hybridized carbons (Fsp3) is 0.500. The maximum Gasteiger partial charge on any atom is 0.239 e. The summed E-state index contributed by atoms with van der Waals surface area (Å²) in [5.41, 5.74) is 0.706. The molecule has 1 saturated heterocycles. The Hall–Kier alpha value is -1.63. The molecule has 0 spiro atoms. The third kappa shape index (κ3) is 3.93. The van der Waals surface area contributed by atoms with E-state index in [0.29, 0.717) is 31.1 Å². The van der Waals surface area contributed by atoms with E-state index >= 15 is 0 Å². The minimum Gasteiger partial charge on any atom is -0.497 e. The average Bonchev–Trinajstić information content (AvgIpc) is 2.53. The molecule has 3 N–H and O–H groups in total. The number of hydrogen-bond acceptors (Lipinski definition) is 5. The predicted octanol–water partition coefficient (Wildman–Crippen LogP) is -0.167. The Labute approximate surface area is 118 Å². The van der Waals surface area contributed by atoms with Crippen LogP contribution in [0.25, 0.3) is 0 Å². The maximum atomic E-state index is 11.9. The molecule has 0 bridgehead atoms. The zero-order valence-corrected chi connectivity index (χ0v) is 11.5. The van der Waals surface area contributed by atoms with Crippen LogP contribution in [0, 0.1) is 0 Å². The van der Waals surface area contributed by atoms with Gasteiger partial charge in [0.15, 0.2) is 0 Å². The lowest BCUT2D eigenvalue weighted by Crippen LogP contribution is -2.51. The average molecular weight is 280 g/mol. The van der Waals surface area contributed by atoms with Gasteiger partial charge in [-0.2, -0.15) is 0 Å². The Morgan fingerprint density at radius 2 is 2.50 bits per heavy atom. The summed E-state index contributed by atoms with van der Waals surface area (Å²) in [5.74, 6) is 0.516. The lowest BCUT2D eigenvalue weighted by Gasteiger charge is -2.23. The first kappa shape index (κ1) is 14.8. The first-order chi connectivity index (χ1) is 9.70. The molecule has 1 amide bonds. The zero-order chi connectivity index (χ0) is 14.4. The van der Waals surface area contributed by atoms with Crippen molar-refractivity contribution in [3.8, 4) is 5.75 Å². The first-order valence-corrected chi connectivity index (χ1v) is 6.61. The van der Waals surface area contributed by atoms with Crippen LogP contribution in [0.4, 0.5) is 0 Å². The van der Waals surface area contributed by atoms with Gasteiger partial charge in [-0.05, 0) is 17.7 Å². The fourth-order valence-corrected chi connectivity index (χ4v) is 2.02. The summed E-state index contributed by atoms with van der Waals surface area (Å²) >= 11 is 0. The molecule has 0 saturated carbocycles. The van der Waals surface area contributed by atoms with Gasteiger partial charge >= 0.3 is 0 Å². The van der Waals surface area contributed by atoms with E-state index in [-0.39, 0.29) is 18.5 Å². The highest BCUT2D eigenvalue weighted by Crippen LogP contribution is 2.18. The Bertz CT molecular complexity index is 447. The third-order valence-electron chi connectivity index (χ3n) is 3.19. The summed E-state index contributed by atoms with van der Waals surface area (Å²) in [4.78, 5) is 11.9. The standard InChI is InChI=1S/C14H20N2O4/c1-19-11-4-2-3-10(7-11)13(17)8-16-14(18)12-9-20-6-5-15-12/h2-4,7,12-13,15,17H,5-6,8-9H2,1H3,(H,16,18)/t12-,13-/m1/s1. The van der Waals surface area contributed by atoms with Gasteiger partial charge in [-0.15, -0.1) is 0 Å². The zero-order valence-electron chi connectivity index (χ0n) is 11.5. The Morgan fingerprint density at radius 1 is 1.65 bits per heavy atom. The second kappa shape index (κ2) is 7.23. The molecule has 110 valence electrons. The summed E-state index contributed by atoms with van der Waals surface area (Å²) in [6.45, 7) is 1.80. The van der Waals surface area contributed by atoms with Crippen molar-refractivity contribution in [3.63, 3.8) is 0 Å². The maximum absolute atomic E-state index is 11.9. The van der Waals surface area contributed by atoms with Crippen molar-refractivity contribution in [2.45, 2.75) is 12.1 Å². The van der Waals surface area contributed by atoms with Crippen LogP contribution in [0.5, 0.6) is 5.75 Å². The van der Waals surface area contributed by atoms with Crippen molar-refractivity contribution in [3.05, 3.63) is 29.8 Å². The van der Waals surface area contributed by atoms with Gasteiger partial charge < -0.3 is 25.2 Å². The van der Waals surface area contributed by atoms with Crippen LogP contribution >= 0.6 is 0 Å². The van der Waals surface area contributed by atoms with Crippen LogP contribution in [0.15, 0.2) is 24.3 Å². The van der Waals surface area contributed by atoms with E-state index < -0.39 is 6.10 Å². The summed E-state index contributed by atoms with van der Waals surface area (Å²) in [5, 5.41) is 15.8. The van der Waals surface area contributed by atoms with Crippen LogP contribution in [-0.2, 0) is 9.53 Å². The number of benzene rings is 1. The molecule has 1 fully saturated rings. The number of hydrogen-bond donors (Lipinski definition) is 3. The quantitative estimate of drug-likeness (QED) is 0.698. The Balaban J connectivity index is 1.84. The van der Waals surface area contributed by atoms with Gasteiger partial charge in [-0.25, -0.2) is 0 Å². The molecule has 1 aliphatic heterocycles. The Morgan fingerprint density at radius 3 is 3.20 bits per heavy atom. The lowest BCUT2D eigenvalue weighted by atomic mass is 10.1. The molecule has 6 nitrogen and oxygen atoms in total. The van der Waals surface area contributed by atoms with Crippen LogP contribution in [0.1, 0.15) is 11.7 Å². The summed E-state index contributed by atoms with van der Waals surface area (Å²) in [6.07, 6.45) is -0.765. The van der Waals surface area contributed by atoms with E-state index in [4.69, 9.17) is 9.47 Å². The monoisotopic (exact) mass is 280 g/mol. The molecule has 1 aromatic rings. The topological polar surface area (TPSA) is 79.8 Å². The van der Waals surface area contributed by atoms with Gasteiger partial charge in [0.1, 0.15) is 11.8 Å². The first-order valence-electron chi connectivity index (χ1n) is 6.61. The Kier molecular flexibility index (Phi) is 5.34. The van der Waals surface area contributed by atoms with Gasteiger partial charge in [0, 0.05) is 13.1 Å². The van der Waals surface area contributed by atoms with Gasteiger partial charge in [-0.1, -0.05) is 12.1 Å². The number of aliphatic hydroxyl groups is 1. The van der Waals surface area contributed by atoms with E-state index in [0.717, 1.165) is 0 Å². The van der Waals surface area contributed by atoms with E-state index in [1.54, 1.807) is 31.4 Å². The summed E-state index contributed by atoms with van der Waals surface area (Å²) < 4.78 is 10.3. The van der Waals surface area contributed by atoms with Gasteiger partial charge in [0.25, 0.3) is 0 Å². The number of amides is 1.